The third-order valence-electron chi connectivity index (χ3n) is 4.98. The largest absolute Gasteiger partial charge is 0.467 e. The van der Waals surface area contributed by atoms with Gasteiger partial charge in [-0.1, -0.05) is 0 Å². The molecule has 3 amide bonds. The first-order chi connectivity index (χ1) is 12.0. The molecule has 0 radical (unpaired) electrons. The summed E-state index contributed by atoms with van der Waals surface area (Å²) in [5.41, 5.74) is -0.813. The smallest absolute Gasteiger partial charge is 0.322 e. The second-order valence-corrected chi connectivity index (χ2v) is 6.62. The lowest BCUT2D eigenvalue weighted by Gasteiger charge is -2.39. The number of carbonyl (C=O) groups is 2. The number of guanidine groups is 1. The summed E-state index contributed by atoms with van der Waals surface area (Å²) in [4.78, 5) is 30.4. The second-order valence-electron chi connectivity index (χ2n) is 6.62. The molecule has 0 spiro atoms. The zero-order chi connectivity index (χ0) is 17.9. The molecule has 0 aliphatic carbocycles. The van der Waals surface area contributed by atoms with E-state index >= 15 is 0 Å². The summed E-state index contributed by atoms with van der Waals surface area (Å²) in [5.74, 6) is 1.56. The Morgan fingerprint density at radius 3 is 2.76 bits per heavy atom. The third-order valence-corrected chi connectivity index (χ3v) is 4.98. The van der Waals surface area contributed by atoms with Gasteiger partial charge in [0.1, 0.15) is 17.8 Å². The molecule has 1 aromatic rings. The van der Waals surface area contributed by atoms with Crippen LogP contribution < -0.4 is 16.0 Å². The molecular formula is C17H25N5O3. The van der Waals surface area contributed by atoms with Crippen molar-refractivity contribution in [1.29, 1.82) is 0 Å². The first kappa shape index (κ1) is 17.3. The van der Waals surface area contributed by atoms with Gasteiger partial charge in [-0.15, -0.1) is 0 Å². The number of likely N-dealkylation sites (tertiary alicyclic amines) is 1. The van der Waals surface area contributed by atoms with Crippen molar-refractivity contribution in [2.75, 3.05) is 19.6 Å². The molecule has 3 rings (SSSR count). The van der Waals surface area contributed by atoms with Gasteiger partial charge in [-0.05, 0) is 44.7 Å². The number of urea groups is 1. The van der Waals surface area contributed by atoms with Crippen LogP contribution >= 0.6 is 0 Å². The molecule has 2 saturated heterocycles. The number of hydrogen-bond acceptors (Lipinski definition) is 4. The van der Waals surface area contributed by atoms with Crippen LogP contribution in [0.4, 0.5) is 4.79 Å². The molecule has 2 aliphatic rings. The van der Waals surface area contributed by atoms with Gasteiger partial charge in [0.25, 0.3) is 5.91 Å². The highest BCUT2D eigenvalue weighted by Gasteiger charge is 2.48. The Labute approximate surface area is 147 Å². The molecule has 1 aromatic heterocycles. The third kappa shape index (κ3) is 3.62. The van der Waals surface area contributed by atoms with Crippen molar-refractivity contribution in [2.24, 2.45) is 10.9 Å². The van der Waals surface area contributed by atoms with Crippen LogP contribution in [0.5, 0.6) is 0 Å². The first-order valence-electron chi connectivity index (χ1n) is 8.72. The highest BCUT2D eigenvalue weighted by Crippen LogP contribution is 2.30. The van der Waals surface area contributed by atoms with Crippen LogP contribution in [0.3, 0.4) is 0 Å². The maximum Gasteiger partial charge on any atom is 0.322 e. The van der Waals surface area contributed by atoms with Crippen molar-refractivity contribution >= 4 is 17.9 Å². The fourth-order valence-electron chi connectivity index (χ4n) is 3.49. The van der Waals surface area contributed by atoms with Crippen LogP contribution in [-0.2, 0) is 11.3 Å². The van der Waals surface area contributed by atoms with Crippen molar-refractivity contribution in [1.82, 2.24) is 20.9 Å². The molecule has 0 saturated carbocycles. The summed E-state index contributed by atoms with van der Waals surface area (Å²) in [7, 11) is 0. The molecular weight excluding hydrogens is 322 g/mol. The molecule has 136 valence electrons. The fraction of sp³-hybridized carbons (Fsp3) is 0.588. The Morgan fingerprint density at radius 2 is 2.20 bits per heavy atom. The van der Waals surface area contributed by atoms with Crippen molar-refractivity contribution in [3.8, 4) is 0 Å². The van der Waals surface area contributed by atoms with E-state index < -0.39 is 11.6 Å². The van der Waals surface area contributed by atoms with Crippen LogP contribution in [0, 0.1) is 5.92 Å². The normalized spacial score (nSPS) is 25.0. The fourth-order valence-corrected chi connectivity index (χ4v) is 3.49. The lowest BCUT2D eigenvalue weighted by atomic mass is 9.79. The van der Waals surface area contributed by atoms with Crippen molar-refractivity contribution in [2.45, 2.75) is 38.8 Å². The molecule has 1 atom stereocenters. The van der Waals surface area contributed by atoms with E-state index in [4.69, 9.17) is 4.42 Å². The van der Waals surface area contributed by atoms with Crippen molar-refractivity contribution < 1.29 is 14.0 Å². The molecule has 8 heteroatoms. The molecule has 2 fully saturated rings. The van der Waals surface area contributed by atoms with Gasteiger partial charge in [-0.25, -0.2) is 9.79 Å². The van der Waals surface area contributed by atoms with Crippen LogP contribution in [-0.4, -0.2) is 48.0 Å². The first-order valence-corrected chi connectivity index (χ1v) is 8.72. The monoisotopic (exact) mass is 347 g/mol. The summed E-state index contributed by atoms with van der Waals surface area (Å²) in [5, 5.41) is 8.44. The van der Waals surface area contributed by atoms with Gasteiger partial charge in [0.15, 0.2) is 5.96 Å². The molecule has 0 bridgehead atoms. The van der Waals surface area contributed by atoms with Gasteiger partial charge in [-0.3, -0.25) is 10.1 Å². The predicted octanol–water partition coefficient (Wildman–Crippen LogP) is 1.06. The SMILES string of the molecule is CCNC(=NCc1ccco1)N1CCC(C2(C)NC(=O)NC2=O)CC1. The van der Waals surface area contributed by atoms with Crippen molar-refractivity contribution in [3.63, 3.8) is 0 Å². The van der Waals surface area contributed by atoms with Crippen LogP contribution in [0.2, 0.25) is 0 Å². The molecule has 2 aliphatic heterocycles. The number of piperidine rings is 1. The number of hydrogen-bond donors (Lipinski definition) is 3. The summed E-state index contributed by atoms with van der Waals surface area (Å²) in [6.45, 7) is 6.69. The van der Waals surface area contributed by atoms with Crippen LogP contribution in [0.25, 0.3) is 0 Å². The summed E-state index contributed by atoms with van der Waals surface area (Å²) < 4.78 is 5.33. The van der Waals surface area contributed by atoms with Gasteiger partial charge < -0.3 is 20.0 Å². The second kappa shape index (κ2) is 7.16. The number of furan rings is 1. The highest BCUT2D eigenvalue weighted by molar-refractivity contribution is 6.07. The van der Waals surface area contributed by atoms with E-state index in [1.807, 2.05) is 26.0 Å². The topological polar surface area (TPSA) is 99.0 Å². The zero-order valence-electron chi connectivity index (χ0n) is 14.7. The Morgan fingerprint density at radius 1 is 1.44 bits per heavy atom. The maximum absolute atomic E-state index is 12.1. The van der Waals surface area contributed by atoms with E-state index in [0.717, 1.165) is 44.2 Å². The van der Waals surface area contributed by atoms with Gasteiger partial charge >= 0.3 is 6.03 Å². The molecule has 1 unspecified atom stereocenters. The maximum atomic E-state index is 12.1. The Hall–Kier alpha value is -2.51. The minimum atomic E-state index is -0.813. The quantitative estimate of drug-likeness (QED) is 0.430. The number of nitrogens with one attached hydrogen (secondary N) is 3. The van der Waals surface area contributed by atoms with Crippen LogP contribution in [0.1, 0.15) is 32.4 Å². The number of carbonyl (C=O) groups excluding carboxylic acids is 2. The van der Waals surface area contributed by atoms with Gasteiger partial charge in [-0.2, -0.15) is 0 Å². The Bertz CT molecular complexity index is 649. The number of imide groups is 1. The Balaban J connectivity index is 1.62. The van der Waals surface area contributed by atoms with Gasteiger partial charge in [0.05, 0.1) is 6.26 Å². The lowest BCUT2D eigenvalue weighted by molar-refractivity contribution is -0.125. The minimum absolute atomic E-state index is 0.114. The number of rotatable bonds is 4. The van der Waals surface area contributed by atoms with Gasteiger partial charge in [0, 0.05) is 19.6 Å². The Kier molecular flexibility index (Phi) is 4.96. The number of amides is 3. The van der Waals surface area contributed by atoms with E-state index in [-0.39, 0.29) is 11.8 Å². The van der Waals surface area contributed by atoms with E-state index in [0.29, 0.717) is 6.54 Å². The molecule has 25 heavy (non-hydrogen) atoms. The average Bonchev–Trinajstić information content (AvgIpc) is 3.20. The average molecular weight is 347 g/mol. The lowest BCUT2D eigenvalue weighted by Crippen LogP contribution is -2.55. The predicted molar refractivity (Wildman–Crippen MR) is 92.9 cm³/mol. The standard InChI is InChI=1S/C17H25N5O3/c1-3-18-15(19-11-13-5-4-10-25-13)22-8-6-12(7-9-22)17(2)14(23)20-16(24)21-17/h4-5,10,12H,3,6-9,11H2,1-2H3,(H,18,19)(H2,20,21,23,24). The highest BCUT2D eigenvalue weighted by atomic mass is 16.3. The van der Waals surface area contributed by atoms with E-state index in [2.05, 4.69) is 25.8 Å². The van der Waals surface area contributed by atoms with Gasteiger partial charge in [0.2, 0.25) is 0 Å². The summed E-state index contributed by atoms with van der Waals surface area (Å²) >= 11 is 0. The molecule has 8 nitrogen and oxygen atoms in total. The minimum Gasteiger partial charge on any atom is -0.467 e. The summed E-state index contributed by atoms with van der Waals surface area (Å²) in [6, 6.07) is 3.36. The molecule has 3 heterocycles. The van der Waals surface area contributed by atoms with Crippen molar-refractivity contribution in [3.05, 3.63) is 24.2 Å². The molecule has 3 N–H and O–H groups in total. The summed E-state index contributed by atoms with van der Waals surface area (Å²) in [6.07, 6.45) is 3.27. The van der Waals surface area contributed by atoms with Crippen LogP contribution in [0.15, 0.2) is 27.8 Å². The van der Waals surface area contributed by atoms with E-state index in [1.165, 1.54) is 0 Å². The molecule has 0 aromatic carbocycles. The number of nitrogens with zero attached hydrogens (tertiary/aromatic N) is 2. The number of aliphatic imine (C=N–C) groups is 1. The van der Waals surface area contributed by atoms with E-state index in [9.17, 15) is 9.59 Å². The zero-order valence-corrected chi connectivity index (χ0v) is 14.7. The van der Waals surface area contributed by atoms with E-state index in [1.54, 1.807) is 6.26 Å².